The van der Waals surface area contributed by atoms with Crippen LogP contribution in [0.2, 0.25) is 0 Å². The Morgan fingerprint density at radius 2 is 2.14 bits per heavy atom. The molecule has 0 fully saturated rings. The number of primary amides is 1. The average Bonchev–Trinajstić information content (AvgIpc) is 2.95. The number of aryl methyl sites for hydroxylation is 1. The monoisotopic (exact) mass is 381 g/mol. The number of hydrogen-bond acceptors (Lipinski definition) is 3. The molecule has 0 bridgehead atoms. The molecule has 0 aliphatic carbocycles. The Morgan fingerprint density at radius 3 is 2.73 bits per heavy atom. The van der Waals surface area contributed by atoms with Gasteiger partial charge in [0.2, 0.25) is 5.91 Å². The van der Waals surface area contributed by atoms with E-state index in [1.54, 1.807) is 0 Å². The molecule has 3 amide bonds. The minimum atomic E-state index is -0.648. The normalized spacial score (nSPS) is 11.7. The minimum absolute atomic E-state index is 0.124. The molecule has 5 nitrogen and oxygen atoms in total. The highest BCUT2D eigenvalue weighted by Crippen LogP contribution is 2.24. The molecule has 2 rings (SSSR count). The average molecular weight is 382 g/mol. The highest BCUT2D eigenvalue weighted by Gasteiger charge is 2.18. The lowest BCUT2D eigenvalue weighted by molar-refractivity contribution is -0.116. The van der Waals surface area contributed by atoms with Gasteiger partial charge in [-0.3, -0.25) is 4.79 Å². The Bertz CT molecular complexity index is 673. The summed E-state index contributed by atoms with van der Waals surface area (Å²) in [6.07, 6.45) is 0.124. The lowest BCUT2D eigenvalue weighted by Crippen LogP contribution is -2.34. The van der Waals surface area contributed by atoms with Gasteiger partial charge in [0.05, 0.1) is 12.5 Å². The molecule has 7 heteroatoms. The first-order valence-electron chi connectivity index (χ1n) is 6.61. The van der Waals surface area contributed by atoms with Gasteiger partial charge >= 0.3 is 6.03 Å². The van der Waals surface area contributed by atoms with Crippen LogP contribution >= 0.6 is 27.3 Å². The van der Waals surface area contributed by atoms with Crippen molar-refractivity contribution in [3.8, 4) is 0 Å². The molecule has 0 spiro atoms. The predicted octanol–water partition coefficient (Wildman–Crippen LogP) is 3.56. The molecule has 2 aromatic rings. The van der Waals surface area contributed by atoms with Gasteiger partial charge in [0.1, 0.15) is 0 Å². The number of halogens is 1. The van der Waals surface area contributed by atoms with Gasteiger partial charge in [-0.2, -0.15) is 0 Å². The van der Waals surface area contributed by atoms with Crippen LogP contribution in [-0.4, -0.2) is 11.9 Å². The maximum Gasteiger partial charge on any atom is 0.312 e. The van der Waals surface area contributed by atoms with Crippen molar-refractivity contribution in [2.75, 3.05) is 5.32 Å². The molecule has 0 aliphatic rings. The van der Waals surface area contributed by atoms with Crippen molar-refractivity contribution >= 4 is 44.9 Å². The van der Waals surface area contributed by atoms with Gasteiger partial charge in [0.15, 0.2) is 0 Å². The maximum absolute atomic E-state index is 12.2. The second-order valence-electron chi connectivity index (χ2n) is 4.79. The smallest absolute Gasteiger partial charge is 0.312 e. The summed E-state index contributed by atoms with van der Waals surface area (Å²) in [5, 5.41) is 7.32. The fraction of sp³-hybridized carbons (Fsp3) is 0.200. The van der Waals surface area contributed by atoms with Crippen molar-refractivity contribution in [1.29, 1.82) is 0 Å². The predicted molar refractivity (Wildman–Crippen MR) is 91.9 cm³/mol. The number of nitrogens with one attached hydrogen (secondary N) is 2. The quantitative estimate of drug-likeness (QED) is 0.739. The summed E-state index contributed by atoms with van der Waals surface area (Å²) in [4.78, 5) is 24.2. The maximum atomic E-state index is 12.2. The number of rotatable bonds is 5. The third-order valence-electron chi connectivity index (χ3n) is 3.03. The molecule has 22 heavy (non-hydrogen) atoms. The number of hydrogen-bond donors (Lipinski definition) is 3. The first-order valence-corrected chi connectivity index (χ1v) is 8.28. The van der Waals surface area contributed by atoms with Crippen LogP contribution in [-0.2, 0) is 4.79 Å². The standard InChI is InChI=1S/C15H16BrN3O2S/c1-9-7-10(4-5-11(9)16)18-14(20)8-12(19-15(17)21)13-3-2-6-22-13/h2-7,12H,8H2,1H3,(H,18,20)(H3,17,19,21). The summed E-state index contributed by atoms with van der Waals surface area (Å²) in [5.41, 5.74) is 6.93. The Labute approximate surface area is 141 Å². The van der Waals surface area contributed by atoms with Gasteiger partial charge in [-0.15, -0.1) is 11.3 Å². The van der Waals surface area contributed by atoms with Crippen molar-refractivity contribution in [3.05, 3.63) is 50.6 Å². The van der Waals surface area contributed by atoms with Gasteiger partial charge in [0.25, 0.3) is 0 Å². The van der Waals surface area contributed by atoms with Crippen molar-refractivity contribution in [2.24, 2.45) is 5.73 Å². The first kappa shape index (κ1) is 16.5. The Morgan fingerprint density at radius 1 is 1.36 bits per heavy atom. The molecule has 1 unspecified atom stereocenters. The Hall–Kier alpha value is -1.86. The zero-order valence-electron chi connectivity index (χ0n) is 11.9. The number of nitrogens with two attached hydrogens (primary N) is 1. The van der Waals surface area contributed by atoms with E-state index in [-0.39, 0.29) is 12.3 Å². The van der Waals surface area contributed by atoms with Crippen LogP contribution in [0, 0.1) is 6.92 Å². The molecule has 116 valence electrons. The van der Waals surface area contributed by atoms with Crippen LogP contribution in [0.3, 0.4) is 0 Å². The van der Waals surface area contributed by atoms with Crippen LogP contribution in [0.4, 0.5) is 10.5 Å². The lowest BCUT2D eigenvalue weighted by atomic mass is 10.1. The van der Waals surface area contributed by atoms with Gasteiger partial charge in [-0.05, 0) is 42.1 Å². The summed E-state index contributed by atoms with van der Waals surface area (Å²) in [5.74, 6) is -0.186. The number of carbonyl (C=O) groups is 2. The Balaban J connectivity index is 2.04. The summed E-state index contributed by atoms with van der Waals surface area (Å²) in [6.45, 7) is 1.95. The van der Waals surface area contributed by atoms with E-state index in [9.17, 15) is 9.59 Å². The van der Waals surface area contributed by atoms with Crippen LogP contribution in [0.5, 0.6) is 0 Å². The first-order chi connectivity index (χ1) is 10.5. The fourth-order valence-electron chi connectivity index (χ4n) is 2.00. The molecule has 4 N–H and O–H groups in total. The third kappa shape index (κ3) is 4.57. The molecular weight excluding hydrogens is 366 g/mol. The second-order valence-corrected chi connectivity index (χ2v) is 6.63. The molecular formula is C15H16BrN3O2S. The van der Waals surface area contributed by atoms with E-state index in [1.165, 1.54) is 11.3 Å². The number of benzene rings is 1. The molecule has 1 atom stereocenters. The lowest BCUT2D eigenvalue weighted by Gasteiger charge is -2.16. The number of thiophene rings is 1. The van der Waals surface area contributed by atoms with E-state index >= 15 is 0 Å². The highest BCUT2D eigenvalue weighted by atomic mass is 79.9. The molecule has 1 aromatic carbocycles. The van der Waals surface area contributed by atoms with Gasteiger partial charge in [0, 0.05) is 15.0 Å². The summed E-state index contributed by atoms with van der Waals surface area (Å²) >= 11 is 4.89. The number of anilines is 1. The van der Waals surface area contributed by atoms with Crippen molar-refractivity contribution in [1.82, 2.24) is 5.32 Å². The summed E-state index contributed by atoms with van der Waals surface area (Å²) < 4.78 is 0.984. The molecule has 1 aromatic heterocycles. The van der Waals surface area contributed by atoms with E-state index in [0.29, 0.717) is 0 Å². The highest BCUT2D eigenvalue weighted by molar-refractivity contribution is 9.10. The molecule has 0 aliphatic heterocycles. The minimum Gasteiger partial charge on any atom is -0.352 e. The van der Waals surface area contributed by atoms with E-state index < -0.39 is 12.1 Å². The van der Waals surface area contributed by atoms with Gasteiger partial charge in [-0.25, -0.2) is 4.79 Å². The number of urea groups is 1. The molecule has 0 saturated carbocycles. The van der Waals surface area contributed by atoms with E-state index in [2.05, 4.69) is 26.6 Å². The number of carbonyl (C=O) groups excluding carboxylic acids is 2. The summed E-state index contributed by atoms with van der Waals surface area (Å²) in [7, 11) is 0. The van der Waals surface area contributed by atoms with Gasteiger partial charge in [-0.1, -0.05) is 22.0 Å². The van der Waals surface area contributed by atoms with E-state index in [0.717, 1.165) is 20.6 Å². The van der Waals surface area contributed by atoms with Crippen LogP contribution in [0.15, 0.2) is 40.2 Å². The van der Waals surface area contributed by atoms with E-state index in [4.69, 9.17) is 5.73 Å². The zero-order chi connectivity index (χ0) is 16.1. The van der Waals surface area contributed by atoms with Crippen molar-refractivity contribution < 1.29 is 9.59 Å². The fourth-order valence-corrected chi connectivity index (χ4v) is 3.03. The largest absolute Gasteiger partial charge is 0.352 e. The molecule has 0 saturated heterocycles. The van der Waals surface area contributed by atoms with Crippen molar-refractivity contribution in [3.63, 3.8) is 0 Å². The van der Waals surface area contributed by atoms with Crippen LogP contribution in [0.25, 0.3) is 0 Å². The van der Waals surface area contributed by atoms with E-state index in [1.807, 2.05) is 42.6 Å². The van der Waals surface area contributed by atoms with Crippen LogP contribution in [0.1, 0.15) is 22.9 Å². The summed E-state index contributed by atoms with van der Waals surface area (Å²) in [6, 6.07) is 8.23. The van der Waals surface area contributed by atoms with Crippen molar-refractivity contribution in [2.45, 2.75) is 19.4 Å². The number of amides is 3. The van der Waals surface area contributed by atoms with Crippen LogP contribution < -0.4 is 16.4 Å². The SMILES string of the molecule is Cc1cc(NC(=O)CC(NC(N)=O)c2cccs2)ccc1Br. The topological polar surface area (TPSA) is 84.2 Å². The van der Waals surface area contributed by atoms with Gasteiger partial charge < -0.3 is 16.4 Å². The third-order valence-corrected chi connectivity index (χ3v) is 4.91. The second kappa shape index (κ2) is 7.42. The molecule has 1 heterocycles. The molecule has 0 radical (unpaired) electrons. The zero-order valence-corrected chi connectivity index (χ0v) is 14.3. The Kier molecular flexibility index (Phi) is 5.57.